The Morgan fingerprint density at radius 3 is 2.53 bits per heavy atom. The number of hydrogen-bond acceptors (Lipinski definition) is 7. The van der Waals surface area contributed by atoms with Crippen molar-refractivity contribution in [2.75, 3.05) is 13.1 Å². The second kappa shape index (κ2) is 11.6. The number of carbonyl (C=O) groups excluding carboxylic acids is 3. The summed E-state index contributed by atoms with van der Waals surface area (Å²) in [5.41, 5.74) is 0.486. The van der Waals surface area contributed by atoms with Gasteiger partial charge in [-0.15, -0.1) is 0 Å². The molecular weight excluding hydrogens is 448 g/mol. The quantitative estimate of drug-likeness (QED) is 0.222. The number of carboxylic acids is 2. The smallest absolute Gasteiger partial charge is 0.326 e. The largest absolute Gasteiger partial charge is 0.481 e. The van der Waals surface area contributed by atoms with E-state index in [0.29, 0.717) is 31.5 Å². The Morgan fingerprint density at radius 2 is 1.91 bits per heavy atom. The predicted molar refractivity (Wildman–Crippen MR) is 116 cm³/mol. The monoisotopic (exact) mass is 478 g/mol. The predicted octanol–water partition coefficient (Wildman–Crippen LogP) is -1.39. The molecule has 186 valence electrons. The molecule has 34 heavy (non-hydrogen) atoms. The van der Waals surface area contributed by atoms with Crippen LogP contribution < -0.4 is 16.0 Å². The minimum Gasteiger partial charge on any atom is -0.481 e. The van der Waals surface area contributed by atoms with E-state index < -0.39 is 48.3 Å². The maximum absolute atomic E-state index is 13.0. The fraction of sp³-hybridized carbons (Fsp3) is 0.619. The van der Waals surface area contributed by atoms with Crippen LogP contribution in [0.1, 0.15) is 44.2 Å². The Kier molecular flexibility index (Phi) is 8.57. The molecule has 0 saturated carbocycles. The fourth-order valence-corrected chi connectivity index (χ4v) is 4.29. The van der Waals surface area contributed by atoms with E-state index in [1.54, 1.807) is 0 Å². The van der Waals surface area contributed by atoms with Crippen LogP contribution in [-0.2, 0) is 30.4 Å². The number of imidazole rings is 1. The lowest BCUT2D eigenvalue weighted by Gasteiger charge is -2.28. The Balaban J connectivity index is 1.67. The number of aliphatic carboxylic acids is 2. The van der Waals surface area contributed by atoms with Crippen LogP contribution in [0.5, 0.6) is 0 Å². The van der Waals surface area contributed by atoms with Gasteiger partial charge in [-0.3, -0.25) is 19.2 Å². The molecule has 1 aromatic rings. The van der Waals surface area contributed by atoms with Gasteiger partial charge in [0.15, 0.2) is 0 Å². The number of nitrogens with zero attached hydrogens (tertiary/aromatic N) is 2. The van der Waals surface area contributed by atoms with Gasteiger partial charge >= 0.3 is 11.9 Å². The third-order valence-electron chi connectivity index (χ3n) is 6.07. The van der Waals surface area contributed by atoms with Gasteiger partial charge in [0.2, 0.25) is 17.7 Å². The number of likely N-dealkylation sites (tertiary alicyclic amines) is 1. The number of rotatable bonds is 11. The zero-order valence-electron chi connectivity index (χ0n) is 18.7. The number of nitrogens with one attached hydrogen (secondary N) is 4. The number of carbonyl (C=O) groups is 5. The summed E-state index contributed by atoms with van der Waals surface area (Å²) in [4.78, 5) is 69.5. The summed E-state index contributed by atoms with van der Waals surface area (Å²) in [6, 6.07) is -3.68. The fourth-order valence-electron chi connectivity index (χ4n) is 4.29. The van der Waals surface area contributed by atoms with Crippen LogP contribution in [0.15, 0.2) is 12.5 Å². The molecule has 0 aromatic carbocycles. The van der Waals surface area contributed by atoms with Gasteiger partial charge in [0.1, 0.15) is 18.1 Å². The van der Waals surface area contributed by atoms with E-state index >= 15 is 0 Å². The van der Waals surface area contributed by atoms with Gasteiger partial charge in [-0.1, -0.05) is 0 Å². The van der Waals surface area contributed by atoms with E-state index in [1.165, 1.54) is 17.4 Å². The number of amides is 3. The summed E-state index contributed by atoms with van der Waals surface area (Å²) in [5.74, 6) is -3.98. The lowest BCUT2D eigenvalue weighted by molar-refractivity contribution is -0.143. The first-order valence-electron chi connectivity index (χ1n) is 11.3. The summed E-state index contributed by atoms with van der Waals surface area (Å²) < 4.78 is 0. The molecule has 3 rings (SSSR count). The average molecular weight is 479 g/mol. The topological polar surface area (TPSA) is 194 Å². The van der Waals surface area contributed by atoms with Gasteiger partial charge in [0.05, 0.1) is 12.4 Å². The summed E-state index contributed by atoms with van der Waals surface area (Å²) in [7, 11) is 0. The molecule has 1 aromatic heterocycles. The zero-order chi connectivity index (χ0) is 24.7. The van der Waals surface area contributed by atoms with E-state index in [1.807, 2.05) is 0 Å². The van der Waals surface area contributed by atoms with Crippen LogP contribution in [0.2, 0.25) is 0 Å². The van der Waals surface area contributed by atoms with Crippen LogP contribution in [0.4, 0.5) is 0 Å². The van der Waals surface area contributed by atoms with Gasteiger partial charge in [0.25, 0.3) is 0 Å². The maximum atomic E-state index is 13.0. The third-order valence-corrected chi connectivity index (χ3v) is 6.07. The molecule has 2 aliphatic rings. The highest BCUT2D eigenvalue weighted by Gasteiger charge is 2.39. The molecular formula is C21H30N6O7. The molecule has 2 fully saturated rings. The number of H-pyrrole nitrogens is 1. The lowest BCUT2D eigenvalue weighted by Crippen LogP contribution is -2.56. The van der Waals surface area contributed by atoms with E-state index in [0.717, 1.165) is 13.0 Å². The standard InChI is InChI=1S/C21H30N6O7/c28-17(29)6-5-13(18(30)26-15(21(33)34)9-12-10-22-11-24-12)25-19(31)16-4-2-8-27(16)20(32)14-3-1-7-23-14/h10-11,13-16,23H,1-9H2,(H,22,24)(H,25,31)(H,26,30)(H,28,29)(H,33,34). The van der Waals surface area contributed by atoms with Crippen molar-refractivity contribution in [2.24, 2.45) is 0 Å². The molecule has 2 saturated heterocycles. The van der Waals surface area contributed by atoms with Crippen molar-refractivity contribution in [3.63, 3.8) is 0 Å². The Bertz CT molecular complexity index is 899. The lowest BCUT2D eigenvalue weighted by atomic mass is 10.1. The van der Waals surface area contributed by atoms with Crippen molar-refractivity contribution in [2.45, 2.75) is 69.1 Å². The summed E-state index contributed by atoms with van der Waals surface area (Å²) in [5, 5.41) is 26.6. The van der Waals surface area contributed by atoms with Crippen molar-refractivity contribution in [3.05, 3.63) is 18.2 Å². The number of aromatic amines is 1. The SMILES string of the molecule is O=C(O)CCC(NC(=O)C1CCCN1C(=O)C1CCCN1)C(=O)NC(Cc1cnc[nH]1)C(=O)O. The molecule has 0 aliphatic carbocycles. The van der Waals surface area contributed by atoms with E-state index in [-0.39, 0.29) is 24.8 Å². The van der Waals surface area contributed by atoms with Crippen molar-refractivity contribution in [3.8, 4) is 0 Å². The van der Waals surface area contributed by atoms with Crippen LogP contribution in [0.3, 0.4) is 0 Å². The highest BCUT2D eigenvalue weighted by molar-refractivity contribution is 5.94. The molecule has 0 spiro atoms. The Labute approximate surface area is 195 Å². The molecule has 13 nitrogen and oxygen atoms in total. The van der Waals surface area contributed by atoms with Crippen LogP contribution >= 0.6 is 0 Å². The summed E-state index contributed by atoms with van der Waals surface area (Å²) >= 11 is 0. The van der Waals surface area contributed by atoms with Crippen LogP contribution in [0, 0.1) is 0 Å². The molecule has 0 radical (unpaired) electrons. The Hall–Kier alpha value is -3.48. The second-order valence-electron chi connectivity index (χ2n) is 8.51. The molecule has 4 atom stereocenters. The van der Waals surface area contributed by atoms with Crippen LogP contribution in [0.25, 0.3) is 0 Å². The number of aromatic nitrogens is 2. The average Bonchev–Trinajstić information content (AvgIpc) is 3.57. The summed E-state index contributed by atoms with van der Waals surface area (Å²) in [6.07, 6.45) is 4.73. The molecule has 6 N–H and O–H groups in total. The zero-order valence-corrected chi connectivity index (χ0v) is 18.7. The molecule has 4 unspecified atom stereocenters. The second-order valence-corrected chi connectivity index (χ2v) is 8.51. The van der Waals surface area contributed by atoms with E-state index in [2.05, 4.69) is 25.9 Å². The van der Waals surface area contributed by atoms with Crippen LogP contribution in [-0.4, -0.2) is 92.0 Å². The first-order valence-corrected chi connectivity index (χ1v) is 11.3. The summed E-state index contributed by atoms with van der Waals surface area (Å²) in [6.45, 7) is 1.16. The van der Waals surface area contributed by atoms with E-state index in [9.17, 15) is 29.1 Å². The van der Waals surface area contributed by atoms with Gasteiger partial charge < -0.3 is 36.0 Å². The molecule has 3 amide bonds. The maximum Gasteiger partial charge on any atom is 0.326 e. The van der Waals surface area contributed by atoms with Crippen molar-refractivity contribution in [1.82, 2.24) is 30.8 Å². The third kappa shape index (κ3) is 6.53. The first-order chi connectivity index (χ1) is 16.3. The van der Waals surface area contributed by atoms with Gasteiger partial charge in [-0.05, 0) is 38.6 Å². The molecule has 3 heterocycles. The van der Waals surface area contributed by atoms with Crippen molar-refractivity contribution in [1.29, 1.82) is 0 Å². The van der Waals surface area contributed by atoms with Crippen molar-refractivity contribution >= 4 is 29.7 Å². The number of hydrogen-bond donors (Lipinski definition) is 6. The van der Waals surface area contributed by atoms with Gasteiger partial charge in [0, 0.05) is 31.3 Å². The Morgan fingerprint density at radius 1 is 1.12 bits per heavy atom. The minimum absolute atomic E-state index is 0.0695. The highest BCUT2D eigenvalue weighted by atomic mass is 16.4. The normalized spacial score (nSPS) is 21.6. The molecule has 0 bridgehead atoms. The minimum atomic E-state index is -1.31. The first kappa shape index (κ1) is 25.1. The number of carboxylic acid groups (broad SMARTS) is 2. The van der Waals surface area contributed by atoms with Gasteiger partial charge in [-0.25, -0.2) is 9.78 Å². The van der Waals surface area contributed by atoms with Gasteiger partial charge in [-0.2, -0.15) is 0 Å². The van der Waals surface area contributed by atoms with E-state index in [4.69, 9.17) is 5.11 Å². The molecule has 13 heteroatoms. The molecule has 2 aliphatic heterocycles. The highest BCUT2D eigenvalue weighted by Crippen LogP contribution is 2.21. The van der Waals surface area contributed by atoms with Crippen molar-refractivity contribution < 1.29 is 34.2 Å².